The number of hydrogen-bond acceptors (Lipinski definition) is 4. The number of sulfonamides is 1. The number of rotatable bonds is 3. The average Bonchev–Trinajstić information content (AvgIpc) is 2.85. The zero-order valence-corrected chi connectivity index (χ0v) is 11.6. The minimum absolute atomic E-state index is 0.0849. The molecule has 0 spiro atoms. The molecule has 104 valence electrons. The molecule has 1 aromatic carbocycles. The molecule has 0 aliphatic heterocycles. The molecule has 0 saturated heterocycles. The fourth-order valence-corrected chi connectivity index (χ4v) is 2.78. The van der Waals surface area contributed by atoms with Crippen LogP contribution in [0.1, 0.15) is 5.56 Å². The fraction of sp³-hybridized carbons (Fsp3) is 0.154. The van der Waals surface area contributed by atoms with Gasteiger partial charge in [0, 0.05) is 18.3 Å². The summed E-state index contributed by atoms with van der Waals surface area (Å²) in [7, 11) is -2.10. The zero-order chi connectivity index (χ0) is 14.6. The lowest BCUT2D eigenvalue weighted by Crippen LogP contribution is -2.16. The van der Waals surface area contributed by atoms with Crippen LogP contribution >= 0.6 is 0 Å². The van der Waals surface area contributed by atoms with Crippen LogP contribution in [-0.2, 0) is 17.1 Å². The van der Waals surface area contributed by atoms with Crippen LogP contribution < -0.4 is 4.72 Å². The molecule has 2 aromatic rings. The topological polar surface area (TPSA) is 84.2 Å². The van der Waals surface area contributed by atoms with Crippen molar-refractivity contribution in [3.63, 3.8) is 0 Å². The summed E-state index contributed by atoms with van der Waals surface area (Å²) in [6.07, 6.45) is 1.42. The minimum atomic E-state index is -3.66. The first-order valence-corrected chi connectivity index (χ1v) is 7.22. The molecule has 0 aliphatic carbocycles. The Labute approximate surface area is 117 Å². The van der Waals surface area contributed by atoms with Gasteiger partial charge in [0.1, 0.15) is 6.61 Å². The first-order chi connectivity index (χ1) is 9.53. The fourth-order valence-electron chi connectivity index (χ4n) is 1.60. The third-order valence-electron chi connectivity index (χ3n) is 2.50. The number of aliphatic hydroxyl groups is 1. The molecule has 1 aromatic heterocycles. The highest BCUT2D eigenvalue weighted by Gasteiger charge is 2.17. The second-order valence-corrected chi connectivity index (χ2v) is 5.57. The predicted octanol–water partition coefficient (Wildman–Crippen LogP) is 0.565. The normalized spacial score (nSPS) is 10.7. The van der Waals surface area contributed by atoms with E-state index in [1.165, 1.54) is 16.9 Å². The van der Waals surface area contributed by atoms with Crippen LogP contribution in [0, 0.1) is 11.8 Å². The van der Waals surface area contributed by atoms with Crippen molar-refractivity contribution in [2.45, 2.75) is 5.03 Å². The highest BCUT2D eigenvalue weighted by molar-refractivity contribution is 7.92. The lowest BCUT2D eigenvalue weighted by Gasteiger charge is -2.07. The van der Waals surface area contributed by atoms with Gasteiger partial charge in [0.2, 0.25) is 0 Å². The van der Waals surface area contributed by atoms with Crippen molar-refractivity contribution < 1.29 is 13.5 Å². The van der Waals surface area contributed by atoms with E-state index in [9.17, 15) is 8.42 Å². The van der Waals surface area contributed by atoms with Crippen LogP contribution in [0.2, 0.25) is 0 Å². The van der Waals surface area contributed by atoms with Crippen LogP contribution in [0.5, 0.6) is 0 Å². The van der Waals surface area contributed by atoms with Gasteiger partial charge in [-0.1, -0.05) is 11.8 Å². The Morgan fingerprint density at radius 1 is 1.30 bits per heavy atom. The summed E-state index contributed by atoms with van der Waals surface area (Å²) in [5.74, 6) is 5.25. The Kier molecular flexibility index (Phi) is 4.08. The van der Waals surface area contributed by atoms with Gasteiger partial charge in [-0.05, 0) is 30.3 Å². The maximum atomic E-state index is 12.1. The molecule has 2 rings (SSSR count). The lowest BCUT2D eigenvalue weighted by molar-refractivity contribution is 0.350. The molecule has 0 atom stereocenters. The van der Waals surface area contributed by atoms with Gasteiger partial charge in [0.15, 0.2) is 5.03 Å². The van der Waals surface area contributed by atoms with Crippen molar-refractivity contribution in [2.75, 3.05) is 11.3 Å². The summed E-state index contributed by atoms with van der Waals surface area (Å²) < 4.78 is 28.0. The standard InChI is InChI=1S/C13H13N3O3S/c1-16-13(8-9-14-16)20(18,19)15-12-6-4-11(5-7-12)3-2-10-17/h4-9,15,17H,10H2,1H3. The van der Waals surface area contributed by atoms with Crippen molar-refractivity contribution in [2.24, 2.45) is 7.05 Å². The van der Waals surface area contributed by atoms with E-state index < -0.39 is 10.0 Å². The van der Waals surface area contributed by atoms with Crippen LogP contribution in [0.3, 0.4) is 0 Å². The van der Waals surface area contributed by atoms with Crippen molar-refractivity contribution in [1.29, 1.82) is 0 Å². The Morgan fingerprint density at radius 3 is 2.55 bits per heavy atom. The number of hydrogen-bond donors (Lipinski definition) is 2. The minimum Gasteiger partial charge on any atom is -0.384 e. The molecular weight excluding hydrogens is 278 g/mol. The SMILES string of the molecule is Cn1nccc1S(=O)(=O)Nc1ccc(C#CCO)cc1. The van der Waals surface area contributed by atoms with Gasteiger partial charge in [-0.3, -0.25) is 9.40 Å². The van der Waals surface area contributed by atoms with Crippen molar-refractivity contribution in [3.8, 4) is 11.8 Å². The molecule has 20 heavy (non-hydrogen) atoms. The van der Waals surface area contributed by atoms with Crippen LogP contribution in [0.25, 0.3) is 0 Å². The van der Waals surface area contributed by atoms with Crippen LogP contribution in [-0.4, -0.2) is 29.9 Å². The largest absolute Gasteiger partial charge is 0.384 e. The van der Waals surface area contributed by atoms with E-state index in [0.717, 1.165) is 0 Å². The Hall–Kier alpha value is -2.30. The maximum absolute atomic E-state index is 12.1. The number of aryl methyl sites for hydroxylation is 1. The number of anilines is 1. The maximum Gasteiger partial charge on any atom is 0.279 e. The van der Waals surface area contributed by atoms with E-state index >= 15 is 0 Å². The van der Waals surface area contributed by atoms with Crippen molar-refractivity contribution >= 4 is 15.7 Å². The molecule has 0 unspecified atom stereocenters. The quantitative estimate of drug-likeness (QED) is 0.810. The molecule has 0 aliphatic rings. The average molecular weight is 291 g/mol. The zero-order valence-electron chi connectivity index (χ0n) is 10.7. The molecular formula is C13H13N3O3S. The lowest BCUT2D eigenvalue weighted by atomic mass is 10.2. The molecule has 1 heterocycles. The summed E-state index contributed by atoms with van der Waals surface area (Å²) in [5, 5.41) is 12.5. The molecule has 7 heteroatoms. The molecule has 6 nitrogen and oxygen atoms in total. The second-order valence-electron chi connectivity index (χ2n) is 3.94. The number of aromatic nitrogens is 2. The van der Waals surface area contributed by atoms with E-state index in [0.29, 0.717) is 11.3 Å². The van der Waals surface area contributed by atoms with Crippen LogP contribution in [0.4, 0.5) is 5.69 Å². The Balaban J connectivity index is 2.20. The molecule has 0 bridgehead atoms. The molecule has 0 saturated carbocycles. The number of benzene rings is 1. The summed E-state index contributed by atoms with van der Waals surface area (Å²) in [5.41, 5.74) is 1.13. The van der Waals surface area contributed by atoms with E-state index in [1.807, 2.05) is 0 Å². The number of aliphatic hydroxyl groups excluding tert-OH is 1. The van der Waals surface area contributed by atoms with Crippen molar-refractivity contribution in [3.05, 3.63) is 42.1 Å². The molecule has 0 fully saturated rings. The van der Waals surface area contributed by atoms with Crippen LogP contribution in [0.15, 0.2) is 41.6 Å². The summed E-state index contributed by atoms with van der Waals surface area (Å²) in [4.78, 5) is 0. The third kappa shape index (κ3) is 3.17. The van der Waals surface area contributed by atoms with Crippen molar-refractivity contribution in [1.82, 2.24) is 9.78 Å². The van der Waals surface area contributed by atoms with Gasteiger partial charge in [-0.25, -0.2) is 0 Å². The van der Waals surface area contributed by atoms with Gasteiger partial charge < -0.3 is 5.11 Å². The van der Waals surface area contributed by atoms with Gasteiger partial charge in [-0.15, -0.1) is 0 Å². The first-order valence-electron chi connectivity index (χ1n) is 5.73. The predicted molar refractivity (Wildman–Crippen MR) is 74.4 cm³/mol. The van der Waals surface area contributed by atoms with Gasteiger partial charge >= 0.3 is 0 Å². The highest BCUT2D eigenvalue weighted by atomic mass is 32.2. The van der Waals surface area contributed by atoms with Gasteiger partial charge in [0.05, 0.1) is 6.20 Å². The van der Waals surface area contributed by atoms with E-state index in [2.05, 4.69) is 21.7 Å². The summed E-state index contributed by atoms with van der Waals surface area (Å²) in [6.45, 7) is -0.213. The Bertz CT molecular complexity index is 752. The number of nitrogens with zero attached hydrogens (tertiary/aromatic N) is 2. The number of nitrogens with one attached hydrogen (secondary N) is 1. The first kappa shape index (κ1) is 14.1. The monoisotopic (exact) mass is 291 g/mol. The summed E-state index contributed by atoms with van der Waals surface area (Å²) >= 11 is 0. The summed E-state index contributed by atoms with van der Waals surface area (Å²) in [6, 6.07) is 7.97. The van der Waals surface area contributed by atoms with E-state index in [4.69, 9.17) is 5.11 Å². The van der Waals surface area contributed by atoms with E-state index in [1.54, 1.807) is 31.3 Å². The smallest absolute Gasteiger partial charge is 0.279 e. The highest BCUT2D eigenvalue weighted by Crippen LogP contribution is 2.15. The molecule has 0 amide bonds. The molecule has 0 radical (unpaired) electrons. The third-order valence-corrected chi connectivity index (χ3v) is 3.96. The van der Waals surface area contributed by atoms with E-state index in [-0.39, 0.29) is 11.6 Å². The van der Waals surface area contributed by atoms with Gasteiger partial charge in [0.25, 0.3) is 10.0 Å². The molecule has 2 N–H and O–H groups in total. The Morgan fingerprint density at radius 2 is 2.00 bits per heavy atom. The second kappa shape index (κ2) is 5.77. The van der Waals surface area contributed by atoms with Gasteiger partial charge in [-0.2, -0.15) is 13.5 Å².